The van der Waals surface area contributed by atoms with Crippen LogP contribution in [0.1, 0.15) is 0 Å². The summed E-state index contributed by atoms with van der Waals surface area (Å²) in [5.41, 5.74) is 1.11. The molecule has 17 heavy (non-hydrogen) atoms. The lowest BCUT2D eigenvalue weighted by Crippen LogP contribution is -2.05. The molecule has 1 heterocycles. The number of aryl methyl sites for hydroxylation is 1. The molecule has 0 atom stereocenters. The Balaban J connectivity index is 1.75. The van der Waals surface area contributed by atoms with E-state index in [0.717, 1.165) is 27.6 Å². The first kappa shape index (κ1) is 12.4. The number of hydrogen-bond acceptors (Lipinski definition) is 5. The third-order valence-electron chi connectivity index (χ3n) is 2.07. The van der Waals surface area contributed by atoms with Gasteiger partial charge in [0.05, 0.1) is 0 Å². The maximum atomic E-state index is 3.90. The Hall–Kier alpha value is -1.08. The molecule has 1 N–H and O–H groups in total. The Bertz CT molecular complexity index is 487. The van der Waals surface area contributed by atoms with Crippen LogP contribution in [0.15, 0.2) is 33.9 Å². The molecule has 0 aliphatic carbocycles. The van der Waals surface area contributed by atoms with Gasteiger partial charge in [-0.25, -0.2) is 4.68 Å². The molecule has 0 aliphatic rings. The van der Waals surface area contributed by atoms with Crippen molar-refractivity contribution in [2.24, 2.45) is 7.05 Å². The summed E-state index contributed by atoms with van der Waals surface area (Å²) in [6.07, 6.45) is 0. The van der Waals surface area contributed by atoms with E-state index in [0.29, 0.717) is 0 Å². The van der Waals surface area contributed by atoms with Gasteiger partial charge in [-0.1, -0.05) is 33.8 Å². The molecule has 0 saturated heterocycles. The highest BCUT2D eigenvalue weighted by Gasteiger charge is 2.01. The third kappa shape index (κ3) is 3.71. The van der Waals surface area contributed by atoms with Crippen LogP contribution in [0.4, 0.5) is 5.69 Å². The van der Waals surface area contributed by atoms with Crippen molar-refractivity contribution >= 4 is 33.4 Å². The van der Waals surface area contributed by atoms with Crippen molar-refractivity contribution in [3.05, 3.63) is 28.7 Å². The zero-order valence-electron chi connectivity index (χ0n) is 9.30. The lowest BCUT2D eigenvalue weighted by Gasteiger charge is -2.05. The Morgan fingerprint density at radius 1 is 1.47 bits per heavy atom. The predicted molar refractivity (Wildman–Crippen MR) is 72.2 cm³/mol. The summed E-state index contributed by atoms with van der Waals surface area (Å²) in [5.74, 6) is 0.917. The van der Waals surface area contributed by atoms with Gasteiger partial charge in [0.15, 0.2) is 0 Å². The monoisotopic (exact) mass is 313 g/mol. The summed E-state index contributed by atoms with van der Waals surface area (Å²) in [6, 6.07) is 8.10. The van der Waals surface area contributed by atoms with Gasteiger partial charge >= 0.3 is 0 Å². The fourth-order valence-electron chi connectivity index (χ4n) is 1.28. The summed E-state index contributed by atoms with van der Waals surface area (Å²) in [5, 5.41) is 15.4. The maximum absolute atomic E-state index is 3.90. The van der Waals surface area contributed by atoms with Gasteiger partial charge in [-0.05, 0) is 28.6 Å². The summed E-state index contributed by atoms with van der Waals surface area (Å²) < 4.78 is 2.75. The number of thioether (sulfide) groups is 1. The van der Waals surface area contributed by atoms with Gasteiger partial charge in [-0.3, -0.25) is 0 Å². The van der Waals surface area contributed by atoms with Crippen molar-refractivity contribution in [2.75, 3.05) is 17.6 Å². The first-order valence-corrected chi connectivity index (χ1v) is 6.88. The fourth-order valence-corrected chi connectivity index (χ4v) is 2.38. The van der Waals surface area contributed by atoms with Crippen LogP contribution in [0, 0.1) is 0 Å². The lowest BCUT2D eigenvalue weighted by molar-refractivity contribution is 0.664. The summed E-state index contributed by atoms with van der Waals surface area (Å²) in [4.78, 5) is 0. The minimum atomic E-state index is 0.834. The number of benzene rings is 1. The molecule has 5 nitrogen and oxygen atoms in total. The van der Waals surface area contributed by atoms with Gasteiger partial charge in [0.25, 0.3) is 0 Å². The molecule has 0 radical (unpaired) electrons. The molecule has 90 valence electrons. The molecule has 0 amide bonds. The van der Waals surface area contributed by atoms with Crippen LogP contribution in [0.5, 0.6) is 0 Å². The van der Waals surface area contributed by atoms with E-state index in [1.54, 1.807) is 16.4 Å². The number of halogens is 1. The number of nitrogens with one attached hydrogen (secondary N) is 1. The predicted octanol–water partition coefficient (Wildman–Crippen LogP) is 2.18. The maximum Gasteiger partial charge on any atom is 0.209 e. The molecule has 7 heteroatoms. The highest BCUT2D eigenvalue weighted by molar-refractivity contribution is 9.10. The Kier molecular flexibility index (Phi) is 4.38. The molecule has 0 unspecified atom stereocenters. The quantitative estimate of drug-likeness (QED) is 0.677. The van der Waals surface area contributed by atoms with Crippen LogP contribution in [-0.4, -0.2) is 32.5 Å². The Morgan fingerprint density at radius 3 is 3.06 bits per heavy atom. The molecule has 0 fully saturated rings. The smallest absolute Gasteiger partial charge is 0.209 e. The van der Waals surface area contributed by atoms with E-state index in [2.05, 4.69) is 42.8 Å². The van der Waals surface area contributed by atoms with Crippen molar-refractivity contribution < 1.29 is 0 Å². The molecule has 0 saturated carbocycles. The third-order valence-corrected chi connectivity index (χ3v) is 3.57. The number of aromatic nitrogens is 4. The van der Waals surface area contributed by atoms with E-state index >= 15 is 0 Å². The number of rotatable bonds is 5. The van der Waals surface area contributed by atoms with E-state index in [9.17, 15) is 0 Å². The van der Waals surface area contributed by atoms with Crippen molar-refractivity contribution in [2.45, 2.75) is 5.16 Å². The SMILES string of the molecule is Cn1nnnc1SCCNc1cccc(Br)c1. The van der Waals surface area contributed by atoms with Gasteiger partial charge in [0.2, 0.25) is 5.16 Å². The molecular formula is C10H12BrN5S. The second kappa shape index (κ2) is 6.02. The molecule has 0 bridgehead atoms. The van der Waals surface area contributed by atoms with Gasteiger partial charge in [-0.15, -0.1) is 5.10 Å². The second-order valence-corrected chi connectivity index (χ2v) is 5.35. The fraction of sp³-hybridized carbons (Fsp3) is 0.300. The second-order valence-electron chi connectivity index (χ2n) is 3.37. The van der Waals surface area contributed by atoms with Crippen LogP contribution in [0.2, 0.25) is 0 Å². The highest BCUT2D eigenvalue weighted by Crippen LogP contribution is 2.16. The van der Waals surface area contributed by atoms with Crippen LogP contribution in [0.25, 0.3) is 0 Å². The van der Waals surface area contributed by atoms with E-state index in [1.807, 2.05) is 25.2 Å². The van der Waals surface area contributed by atoms with E-state index in [-0.39, 0.29) is 0 Å². The first-order chi connectivity index (χ1) is 8.25. The average Bonchev–Trinajstić information content (AvgIpc) is 2.71. The zero-order valence-corrected chi connectivity index (χ0v) is 11.7. The molecular weight excluding hydrogens is 302 g/mol. The largest absolute Gasteiger partial charge is 0.384 e. The van der Waals surface area contributed by atoms with Crippen LogP contribution in [-0.2, 0) is 7.05 Å². The van der Waals surface area contributed by atoms with Crippen molar-refractivity contribution in [1.82, 2.24) is 20.2 Å². The van der Waals surface area contributed by atoms with Crippen LogP contribution < -0.4 is 5.32 Å². The highest BCUT2D eigenvalue weighted by atomic mass is 79.9. The average molecular weight is 314 g/mol. The Labute approximate surface area is 112 Å². The molecule has 2 rings (SSSR count). The molecule has 0 aliphatic heterocycles. The molecule has 0 spiro atoms. The van der Waals surface area contributed by atoms with E-state index < -0.39 is 0 Å². The van der Waals surface area contributed by atoms with Crippen molar-refractivity contribution in [3.63, 3.8) is 0 Å². The molecule has 1 aromatic carbocycles. The van der Waals surface area contributed by atoms with E-state index in [1.165, 1.54) is 0 Å². The standard InChI is InChI=1S/C10H12BrN5S/c1-16-10(13-14-15-16)17-6-5-12-9-4-2-3-8(11)7-9/h2-4,7,12H,5-6H2,1H3. The minimum Gasteiger partial charge on any atom is -0.384 e. The van der Waals surface area contributed by atoms with Crippen LogP contribution >= 0.6 is 27.7 Å². The van der Waals surface area contributed by atoms with Gasteiger partial charge < -0.3 is 5.32 Å². The van der Waals surface area contributed by atoms with Gasteiger partial charge in [-0.2, -0.15) is 0 Å². The van der Waals surface area contributed by atoms with Crippen molar-refractivity contribution in [3.8, 4) is 0 Å². The normalized spacial score (nSPS) is 10.5. The minimum absolute atomic E-state index is 0.834. The van der Waals surface area contributed by atoms with Gasteiger partial charge in [0.1, 0.15) is 0 Å². The summed E-state index contributed by atoms with van der Waals surface area (Å²) >= 11 is 5.07. The van der Waals surface area contributed by atoms with Gasteiger partial charge in [0, 0.05) is 29.5 Å². The van der Waals surface area contributed by atoms with E-state index in [4.69, 9.17) is 0 Å². The Morgan fingerprint density at radius 2 is 2.35 bits per heavy atom. The molecule has 2 aromatic rings. The number of anilines is 1. The number of hydrogen-bond donors (Lipinski definition) is 1. The zero-order chi connectivity index (χ0) is 12.1. The van der Waals surface area contributed by atoms with Crippen molar-refractivity contribution in [1.29, 1.82) is 0 Å². The first-order valence-electron chi connectivity index (χ1n) is 5.10. The summed E-state index contributed by atoms with van der Waals surface area (Å²) in [6.45, 7) is 0.869. The topological polar surface area (TPSA) is 55.6 Å². The van der Waals surface area contributed by atoms with Crippen LogP contribution in [0.3, 0.4) is 0 Å². The number of nitrogens with zero attached hydrogens (tertiary/aromatic N) is 4. The number of tetrazole rings is 1. The summed E-state index contributed by atoms with van der Waals surface area (Å²) in [7, 11) is 1.84. The lowest BCUT2D eigenvalue weighted by atomic mass is 10.3. The molecule has 1 aromatic heterocycles.